The lowest BCUT2D eigenvalue weighted by Crippen LogP contribution is -2.18. The van der Waals surface area contributed by atoms with Gasteiger partial charge in [-0.1, -0.05) is 6.07 Å². The largest absolute Gasteiger partial charge is 0.496 e. The van der Waals surface area contributed by atoms with E-state index in [0.29, 0.717) is 5.56 Å². The lowest BCUT2D eigenvalue weighted by molar-refractivity contribution is 0.143. The molecule has 0 bridgehead atoms. The van der Waals surface area contributed by atoms with Crippen LogP contribution in [0.5, 0.6) is 5.75 Å². The zero-order valence-corrected chi connectivity index (χ0v) is 10.1. The first-order valence-corrected chi connectivity index (χ1v) is 5.31. The van der Waals surface area contributed by atoms with E-state index in [1.807, 2.05) is 0 Å². The van der Waals surface area contributed by atoms with Crippen molar-refractivity contribution in [1.82, 2.24) is 5.32 Å². The molecule has 1 unspecified atom stereocenters. The van der Waals surface area contributed by atoms with Gasteiger partial charge in [-0.15, -0.1) is 0 Å². The Morgan fingerprint density at radius 1 is 1.41 bits per heavy atom. The van der Waals surface area contributed by atoms with E-state index in [1.165, 1.54) is 13.2 Å². The van der Waals surface area contributed by atoms with Gasteiger partial charge in [0.25, 0.3) is 6.43 Å². The summed E-state index contributed by atoms with van der Waals surface area (Å²) < 4.78 is 30.6. The van der Waals surface area contributed by atoms with Crippen LogP contribution in [0, 0.1) is 6.92 Å². The molecule has 0 saturated carbocycles. The van der Waals surface area contributed by atoms with E-state index in [4.69, 9.17) is 4.74 Å². The van der Waals surface area contributed by atoms with Crippen LogP contribution in [-0.4, -0.2) is 25.8 Å². The summed E-state index contributed by atoms with van der Waals surface area (Å²) in [6.07, 6.45) is -3.49. The molecule has 0 saturated heterocycles. The summed E-state index contributed by atoms with van der Waals surface area (Å²) in [4.78, 5) is 0. The van der Waals surface area contributed by atoms with Gasteiger partial charge in [0.2, 0.25) is 0 Å². The standard InChI is InChI=1S/C12H17F2NO2/c1-7-4-5-8(12(13)14)11(17-3)10(7)9(16)6-15-2/h4-5,9,12,15-16H,6H2,1-3H3. The Morgan fingerprint density at radius 2 is 2.06 bits per heavy atom. The van der Waals surface area contributed by atoms with Crippen LogP contribution in [0.3, 0.4) is 0 Å². The summed E-state index contributed by atoms with van der Waals surface area (Å²) in [5, 5.41) is 12.7. The van der Waals surface area contributed by atoms with Crippen LogP contribution in [0.25, 0.3) is 0 Å². The van der Waals surface area contributed by atoms with Gasteiger partial charge in [0.1, 0.15) is 5.75 Å². The van der Waals surface area contributed by atoms with Crippen molar-refractivity contribution in [2.75, 3.05) is 20.7 Å². The molecule has 5 heteroatoms. The molecule has 0 radical (unpaired) electrons. The Kier molecular flexibility index (Phi) is 4.84. The Morgan fingerprint density at radius 3 is 2.53 bits per heavy atom. The molecule has 0 aromatic heterocycles. The predicted molar refractivity (Wildman–Crippen MR) is 61.6 cm³/mol. The van der Waals surface area contributed by atoms with Gasteiger partial charge in [0.05, 0.1) is 18.8 Å². The topological polar surface area (TPSA) is 41.5 Å². The molecular weight excluding hydrogens is 228 g/mol. The smallest absolute Gasteiger partial charge is 0.267 e. The van der Waals surface area contributed by atoms with Crippen LogP contribution in [0.2, 0.25) is 0 Å². The Bertz CT molecular complexity index is 383. The molecule has 1 aromatic carbocycles. The van der Waals surface area contributed by atoms with E-state index in [9.17, 15) is 13.9 Å². The van der Waals surface area contributed by atoms with E-state index in [-0.39, 0.29) is 17.9 Å². The number of hydrogen-bond donors (Lipinski definition) is 2. The summed E-state index contributed by atoms with van der Waals surface area (Å²) in [5.41, 5.74) is 0.955. The summed E-state index contributed by atoms with van der Waals surface area (Å²) in [5.74, 6) is 0.0720. The number of likely N-dealkylation sites (N-methyl/N-ethyl adjacent to an activating group) is 1. The third kappa shape index (κ3) is 2.92. The number of methoxy groups -OCH3 is 1. The van der Waals surface area contributed by atoms with E-state index >= 15 is 0 Å². The first-order valence-electron chi connectivity index (χ1n) is 5.31. The lowest BCUT2D eigenvalue weighted by Gasteiger charge is -2.19. The fourth-order valence-electron chi connectivity index (χ4n) is 1.82. The number of alkyl halides is 2. The monoisotopic (exact) mass is 245 g/mol. The Balaban J connectivity index is 3.29. The number of hydrogen-bond acceptors (Lipinski definition) is 3. The third-order valence-corrected chi connectivity index (χ3v) is 2.61. The lowest BCUT2D eigenvalue weighted by atomic mass is 9.98. The number of aliphatic hydroxyl groups excluding tert-OH is 1. The molecule has 0 aliphatic carbocycles. The molecule has 0 amide bonds. The van der Waals surface area contributed by atoms with Gasteiger partial charge in [0, 0.05) is 12.1 Å². The van der Waals surface area contributed by atoms with Crippen molar-refractivity contribution < 1.29 is 18.6 Å². The van der Waals surface area contributed by atoms with Crippen molar-refractivity contribution in [2.45, 2.75) is 19.5 Å². The third-order valence-electron chi connectivity index (χ3n) is 2.61. The summed E-state index contributed by atoms with van der Waals surface area (Å²) in [6.45, 7) is 2.04. The molecule has 1 atom stereocenters. The number of halogens is 2. The second-order valence-electron chi connectivity index (χ2n) is 3.79. The number of rotatable bonds is 5. The predicted octanol–water partition coefficient (Wildman–Crippen LogP) is 2.19. The van der Waals surface area contributed by atoms with Gasteiger partial charge in [0.15, 0.2) is 0 Å². The van der Waals surface area contributed by atoms with E-state index in [1.54, 1.807) is 20.0 Å². The van der Waals surface area contributed by atoms with Crippen molar-refractivity contribution in [3.8, 4) is 5.75 Å². The highest BCUT2D eigenvalue weighted by atomic mass is 19.3. The maximum Gasteiger partial charge on any atom is 0.267 e. The van der Waals surface area contributed by atoms with Gasteiger partial charge in [-0.05, 0) is 25.6 Å². The van der Waals surface area contributed by atoms with Crippen LogP contribution >= 0.6 is 0 Å². The first kappa shape index (κ1) is 13.9. The molecule has 0 fully saturated rings. The number of ether oxygens (including phenoxy) is 1. The molecule has 2 N–H and O–H groups in total. The molecule has 0 heterocycles. The van der Waals surface area contributed by atoms with Crippen LogP contribution in [-0.2, 0) is 0 Å². The molecule has 17 heavy (non-hydrogen) atoms. The van der Waals surface area contributed by atoms with Crippen LogP contribution in [0.15, 0.2) is 12.1 Å². The van der Waals surface area contributed by atoms with Gasteiger partial charge in [-0.3, -0.25) is 0 Å². The highest BCUT2D eigenvalue weighted by Gasteiger charge is 2.22. The van der Waals surface area contributed by atoms with Gasteiger partial charge in [-0.2, -0.15) is 0 Å². The molecule has 0 aliphatic rings. The van der Waals surface area contributed by atoms with Crippen molar-refractivity contribution >= 4 is 0 Å². The van der Waals surface area contributed by atoms with Crippen LogP contribution in [0.1, 0.15) is 29.2 Å². The maximum atomic E-state index is 12.8. The molecule has 1 rings (SSSR count). The summed E-state index contributed by atoms with van der Waals surface area (Å²) in [6, 6.07) is 2.90. The molecule has 0 aliphatic heterocycles. The molecular formula is C12H17F2NO2. The Hall–Kier alpha value is -1.20. The number of benzene rings is 1. The minimum absolute atomic E-state index is 0.0720. The van der Waals surface area contributed by atoms with Crippen LogP contribution in [0.4, 0.5) is 8.78 Å². The maximum absolute atomic E-state index is 12.8. The normalized spacial score (nSPS) is 12.9. The van der Waals surface area contributed by atoms with E-state index in [2.05, 4.69) is 5.32 Å². The van der Waals surface area contributed by atoms with Gasteiger partial charge >= 0.3 is 0 Å². The summed E-state index contributed by atoms with van der Waals surface area (Å²) >= 11 is 0. The first-order chi connectivity index (χ1) is 8.02. The van der Waals surface area contributed by atoms with Gasteiger partial charge in [-0.25, -0.2) is 8.78 Å². The second kappa shape index (κ2) is 5.93. The zero-order chi connectivity index (χ0) is 13.0. The fourth-order valence-corrected chi connectivity index (χ4v) is 1.82. The number of aryl methyl sites for hydroxylation is 1. The minimum atomic E-state index is -2.62. The Labute approximate surface area is 99.4 Å². The number of nitrogens with one attached hydrogen (secondary N) is 1. The van der Waals surface area contributed by atoms with Crippen molar-refractivity contribution in [3.63, 3.8) is 0 Å². The molecule has 0 spiro atoms. The summed E-state index contributed by atoms with van der Waals surface area (Å²) in [7, 11) is 3.01. The molecule has 1 aromatic rings. The highest BCUT2D eigenvalue weighted by Crippen LogP contribution is 2.37. The second-order valence-corrected chi connectivity index (χ2v) is 3.79. The van der Waals surface area contributed by atoms with Crippen molar-refractivity contribution in [3.05, 3.63) is 28.8 Å². The van der Waals surface area contributed by atoms with E-state index < -0.39 is 12.5 Å². The minimum Gasteiger partial charge on any atom is -0.496 e. The number of aliphatic hydroxyl groups is 1. The van der Waals surface area contributed by atoms with E-state index in [0.717, 1.165) is 5.56 Å². The van der Waals surface area contributed by atoms with Gasteiger partial charge < -0.3 is 15.2 Å². The SMILES string of the molecule is CNCC(O)c1c(C)ccc(C(F)F)c1OC. The quantitative estimate of drug-likeness (QED) is 0.835. The highest BCUT2D eigenvalue weighted by molar-refractivity contribution is 5.48. The average Bonchev–Trinajstić information content (AvgIpc) is 2.28. The molecule has 3 nitrogen and oxygen atoms in total. The zero-order valence-electron chi connectivity index (χ0n) is 10.1. The van der Waals surface area contributed by atoms with Crippen molar-refractivity contribution in [2.24, 2.45) is 0 Å². The van der Waals surface area contributed by atoms with Crippen LogP contribution < -0.4 is 10.1 Å². The fraction of sp³-hybridized carbons (Fsp3) is 0.500. The van der Waals surface area contributed by atoms with Crippen molar-refractivity contribution in [1.29, 1.82) is 0 Å². The molecule has 96 valence electrons. The average molecular weight is 245 g/mol.